The standard InChI is InChI=1S/C12H16N6O/c1-18-8-15-17-11(18)7-14-12(19)16-10-4-2-9(6-13)3-5-10/h2-5,8H,6-7,13H2,1H3,(H2,14,16,19). The fourth-order valence-electron chi connectivity index (χ4n) is 1.53. The molecule has 2 rings (SSSR count). The van der Waals surface area contributed by atoms with Gasteiger partial charge >= 0.3 is 6.03 Å². The lowest BCUT2D eigenvalue weighted by atomic mass is 10.2. The quantitative estimate of drug-likeness (QED) is 0.749. The number of aromatic nitrogens is 3. The number of aryl methyl sites for hydroxylation is 1. The van der Waals surface area contributed by atoms with Gasteiger partial charge in [0, 0.05) is 19.3 Å². The van der Waals surface area contributed by atoms with Crippen LogP contribution in [0.2, 0.25) is 0 Å². The maximum atomic E-state index is 11.7. The molecule has 0 aliphatic rings. The molecule has 1 heterocycles. The fourth-order valence-corrected chi connectivity index (χ4v) is 1.53. The Bertz CT molecular complexity index is 548. The van der Waals surface area contributed by atoms with E-state index in [9.17, 15) is 4.79 Å². The van der Waals surface area contributed by atoms with Gasteiger partial charge in [-0.2, -0.15) is 0 Å². The molecular formula is C12H16N6O. The molecule has 2 amide bonds. The molecule has 0 spiro atoms. The summed E-state index contributed by atoms with van der Waals surface area (Å²) in [6, 6.07) is 7.08. The Hall–Kier alpha value is -2.41. The number of nitrogens with one attached hydrogen (secondary N) is 2. The van der Waals surface area contributed by atoms with Crippen LogP contribution < -0.4 is 16.4 Å². The molecule has 7 nitrogen and oxygen atoms in total. The van der Waals surface area contributed by atoms with E-state index >= 15 is 0 Å². The number of nitrogens with zero attached hydrogens (tertiary/aromatic N) is 3. The Kier molecular flexibility index (Phi) is 4.09. The molecule has 0 radical (unpaired) electrons. The predicted molar refractivity (Wildman–Crippen MR) is 71.2 cm³/mol. The van der Waals surface area contributed by atoms with E-state index in [2.05, 4.69) is 20.8 Å². The van der Waals surface area contributed by atoms with Crippen molar-refractivity contribution < 1.29 is 4.79 Å². The molecule has 4 N–H and O–H groups in total. The highest BCUT2D eigenvalue weighted by molar-refractivity contribution is 5.89. The van der Waals surface area contributed by atoms with Gasteiger partial charge in [-0.3, -0.25) is 0 Å². The van der Waals surface area contributed by atoms with Crippen molar-refractivity contribution in [1.29, 1.82) is 0 Å². The summed E-state index contributed by atoms with van der Waals surface area (Å²) in [6.07, 6.45) is 1.58. The largest absolute Gasteiger partial charge is 0.331 e. The van der Waals surface area contributed by atoms with Gasteiger partial charge < -0.3 is 20.9 Å². The molecule has 0 aliphatic heterocycles. The van der Waals surface area contributed by atoms with Gasteiger partial charge in [0.2, 0.25) is 0 Å². The minimum absolute atomic E-state index is 0.288. The second kappa shape index (κ2) is 5.96. The zero-order chi connectivity index (χ0) is 13.7. The lowest BCUT2D eigenvalue weighted by molar-refractivity contribution is 0.251. The van der Waals surface area contributed by atoms with E-state index < -0.39 is 0 Å². The number of benzene rings is 1. The van der Waals surface area contributed by atoms with Gasteiger partial charge in [0.05, 0.1) is 6.54 Å². The zero-order valence-corrected chi connectivity index (χ0v) is 10.6. The van der Waals surface area contributed by atoms with E-state index in [1.807, 2.05) is 31.3 Å². The molecular weight excluding hydrogens is 244 g/mol. The maximum Gasteiger partial charge on any atom is 0.319 e. The van der Waals surface area contributed by atoms with E-state index in [1.54, 1.807) is 10.9 Å². The molecule has 19 heavy (non-hydrogen) atoms. The van der Waals surface area contributed by atoms with E-state index in [0.717, 1.165) is 5.56 Å². The molecule has 1 aromatic carbocycles. The molecule has 100 valence electrons. The normalized spacial score (nSPS) is 10.2. The first-order valence-electron chi connectivity index (χ1n) is 5.86. The highest BCUT2D eigenvalue weighted by Gasteiger charge is 2.04. The second-order valence-electron chi connectivity index (χ2n) is 4.07. The van der Waals surface area contributed by atoms with Crippen LogP contribution in [-0.4, -0.2) is 20.8 Å². The van der Waals surface area contributed by atoms with Gasteiger partial charge in [-0.1, -0.05) is 12.1 Å². The average molecular weight is 260 g/mol. The lowest BCUT2D eigenvalue weighted by Gasteiger charge is -2.07. The number of hydrogen-bond donors (Lipinski definition) is 3. The summed E-state index contributed by atoms with van der Waals surface area (Å²) in [5.41, 5.74) is 7.24. The zero-order valence-electron chi connectivity index (χ0n) is 10.6. The van der Waals surface area contributed by atoms with Crippen LogP contribution in [0.1, 0.15) is 11.4 Å². The highest BCUT2D eigenvalue weighted by atomic mass is 16.2. The molecule has 0 saturated carbocycles. The molecule has 2 aromatic rings. The monoisotopic (exact) mass is 260 g/mol. The van der Waals surface area contributed by atoms with Gasteiger partial charge in [0.15, 0.2) is 5.82 Å². The lowest BCUT2D eigenvalue weighted by Crippen LogP contribution is -2.29. The molecule has 1 aromatic heterocycles. The summed E-state index contributed by atoms with van der Waals surface area (Å²) in [7, 11) is 1.82. The Morgan fingerprint density at radius 3 is 2.68 bits per heavy atom. The van der Waals surface area contributed by atoms with Crippen LogP contribution in [0.15, 0.2) is 30.6 Å². The maximum absolute atomic E-state index is 11.7. The number of carbonyl (C=O) groups excluding carboxylic acids is 1. The second-order valence-corrected chi connectivity index (χ2v) is 4.07. The Balaban J connectivity index is 1.85. The van der Waals surface area contributed by atoms with Crippen molar-refractivity contribution in [2.45, 2.75) is 13.1 Å². The van der Waals surface area contributed by atoms with Crippen molar-refractivity contribution in [1.82, 2.24) is 20.1 Å². The molecule has 0 bridgehead atoms. The van der Waals surface area contributed by atoms with Crippen LogP contribution in [-0.2, 0) is 20.1 Å². The summed E-state index contributed by atoms with van der Waals surface area (Å²) in [5.74, 6) is 0.689. The molecule has 0 atom stereocenters. The van der Waals surface area contributed by atoms with Crippen LogP contribution in [0, 0.1) is 0 Å². The third-order valence-corrected chi connectivity index (χ3v) is 2.66. The Morgan fingerprint density at radius 2 is 2.11 bits per heavy atom. The van der Waals surface area contributed by atoms with E-state index in [1.165, 1.54) is 0 Å². The smallest absolute Gasteiger partial charge is 0.319 e. The van der Waals surface area contributed by atoms with Crippen molar-refractivity contribution in [3.8, 4) is 0 Å². The van der Waals surface area contributed by atoms with Crippen molar-refractivity contribution >= 4 is 11.7 Å². The number of anilines is 1. The molecule has 0 fully saturated rings. The van der Waals surface area contributed by atoms with E-state index in [4.69, 9.17) is 5.73 Å². The summed E-state index contributed by atoms with van der Waals surface area (Å²) in [5, 5.41) is 13.0. The predicted octanol–water partition coefficient (Wildman–Crippen LogP) is 0.595. The fraction of sp³-hybridized carbons (Fsp3) is 0.250. The Labute approximate surface area is 110 Å². The number of nitrogens with two attached hydrogens (primary N) is 1. The van der Waals surface area contributed by atoms with Crippen LogP contribution in [0.3, 0.4) is 0 Å². The number of urea groups is 1. The van der Waals surface area contributed by atoms with Crippen LogP contribution in [0.25, 0.3) is 0 Å². The average Bonchev–Trinajstić information content (AvgIpc) is 2.83. The molecule has 0 unspecified atom stereocenters. The Morgan fingerprint density at radius 1 is 1.37 bits per heavy atom. The topological polar surface area (TPSA) is 97.9 Å². The number of hydrogen-bond acceptors (Lipinski definition) is 4. The first kappa shape index (κ1) is 13.0. The molecule has 0 saturated heterocycles. The summed E-state index contributed by atoms with van der Waals surface area (Å²) >= 11 is 0. The van der Waals surface area contributed by atoms with Gasteiger partial charge in [0.1, 0.15) is 6.33 Å². The van der Waals surface area contributed by atoms with Crippen molar-refractivity contribution in [3.05, 3.63) is 42.0 Å². The van der Waals surface area contributed by atoms with Gasteiger partial charge in [-0.05, 0) is 17.7 Å². The van der Waals surface area contributed by atoms with Gasteiger partial charge in [-0.15, -0.1) is 10.2 Å². The van der Waals surface area contributed by atoms with Gasteiger partial charge in [0.25, 0.3) is 0 Å². The number of amides is 2. The summed E-state index contributed by atoms with van der Waals surface area (Å²) in [6.45, 7) is 0.807. The van der Waals surface area contributed by atoms with Crippen molar-refractivity contribution in [2.24, 2.45) is 12.8 Å². The molecule has 7 heteroatoms. The van der Waals surface area contributed by atoms with E-state index in [0.29, 0.717) is 24.6 Å². The highest BCUT2D eigenvalue weighted by Crippen LogP contribution is 2.08. The van der Waals surface area contributed by atoms with Gasteiger partial charge in [-0.25, -0.2) is 4.79 Å². The third-order valence-electron chi connectivity index (χ3n) is 2.66. The number of rotatable bonds is 4. The van der Waals surface area contributed by atoms with Crippen LogP contribution in [0.4, 0.5) is 10.5 Å². The van der Waals surface area contributed by atoms with Crippen molar-refractivity contribution in [2.75, 3.05) is 5.32 Å². The summed E-state index contributed by atoms with van der Waals surface area (Å²) < 4.78 is 1.75. The minimum Gasteiger partial charge on any atom is -0.331 e. The van der Waals surface area contributed by atoms with Crippen molar-refractivity contribution in [3.63, 3.8) is 0 Å². The minimum atomic E-state index is -0.288. The first-order chi connectivity index (χ1) is 9.19. The van der Waals surface area contributed by atoms with Crippen LogP contribution in [0.5, 0.6) is 0 Å². The third kappa shape index (κ3) is 3.52. The first-order valence-corrected chi connectivity index (χ1v) is 5.86. The van der Waals surface area contributed by atoms with E-state index in [-0.39, 0.29) is 6.03 Å². The SMILES string of the molecule is Cn1cnnc1CNC(=O)Nc1ccc(CN)cc1. The summed E-state index contributed by atoms with van der Waals surface area (Å²) in [4.78, 5) is 11.7. The molecule has 0 aliphatic carbocycles. The number of carbonyl (C=O) groups is 1. The van der Waals surface area contributed by atoms with Crippen LogP contribution >= 0.6 is 0 Å².